The van der Waals surface area contributed by atoms with Gasteiger partial charge in [-0.05, 0) is 13.2 Å². The summed E-state index contributed by atoms with van der Waals surface area (Å²) in [5, 5.41) is 8.59. The summed E-state index contributed by atoms with van der Waals surface area (Å²) in [4.78, 5) is 43.6. The molecule has 0 atom stereocenters. The first kappa shape index (κ1) is 14.2. The number of thioether (sulfide) groups is 1. The van der Waals surface area contributed by atoms with E-state index in [-0.39, 0.29) is 10.6 Å². The Kier molecular flexibility index (Phi) is 4.86. The maximum absolute atomic E-state index is 11.7. The summed E-state index contributed by atoms with van der Waals surface area (Å²) < 4.78 is 0. The highest BCUT2D eigenvalue weighted by atomic mass is 32.2. The van der Waals surface area contributed by atoms with Crippen LogP contribution in [0.15, 0.2) is 9.82 Å². The fourth-order valence-corrected chi connectivity index (χ4v) is 1.81. The quantitative estimate of drug-likeness (QED) is 0.377. The number of nitrogens with zero attached hydrogens (tertiary/aromatic N) is 1. The number of hydroxylamine groups is 1. The molecule has 8 nitrogen and oxygen atoms in total. The van der Waals surface area contributed by atoms with Crippen molar-refractivity contribution in [3.63, 3.8) is 0 Å². The van der Waals surface area contributed by atoms with Gasteiger partial charge in [0.05, 0.1) is 5.56 Å². The van der Waals surface area contributed by atoms with Crippen molar-refractivity contribution in [2.75, 3.05) is 12.9 Å². The van der Waals surface area contributed by atoms with E-state index in [0.29, 0.717) is 5.69 Å². The molecule has 0 aromatic carbocycles. The lowest BCUT2D eigenvalue weighted by Gasteiger charge is -2.09. The van der Waals surface area contributed by atoms with Gasteiger partial charge in [0.15, 0.2) is 6.61 Å². The van der Waals surface area contributed by atoms with Crippen LogP contribution in [0.5, 0.6) is 0 Å². The van der Waals surface area contributed by atoms with Gasteiger partial charge in [-0.15, -0.1) is 11.8 Å². The van der Waals surface area contributed by atoms with Crippen molar-refractivity contribution in [3.05, 3.63) is 21.7 Å². The topological polar surface area (TPSA) is 121 Å². The summed E-state index contributed by atoms with van der Waals surface area (Å²) in [6, 6.07) is 0. The molecule has 1 amide bonds. The van der Waals surface area contributed by atoms with Crippen molar-refractivity contribution >= 4 is 23.6 Å². The van der Waals surface area contributed by atoms with Gasteiger partial charge in [-0.2, -0.15) is 4.98 Å². The van der Waals surface area contributed by atoms with Crippen molar-refractivity contribution < 1.29 is 19.5 Å². The Morgan fingerprint density at radius 1 is 1.56 bits per heavy atom. The summed E-state index contributed by atoms with van der Waals surface area (Å²) in [7, 11) is 0. The number of nitrogens with one attached hydrogen (secondary N) is 2. The van der Waals surface area contributed by atoms with Gasteiger partial charge in [0.1, 0.15) is 5.03 Å². The zero-order chi connectivity index (χ0) is 13.7. The molecule has 0 saturated carbocycles. The molecule has 0 bridgehead atoms. The Morgan fingerprint density at radius 3 is 2.78 bits per heavy atom. The van der Waals surface area contributed by atoms with E-state index in [1.54, 1.807) is 6.26 Å². The van der Waals surface area contributed by atoms with Crippen molar-refractivity contribution in [2.45, 2.75) is 11.9 Å². The molecular weight excluding hydrogens is 262 g/mol. The molecule has 1 heterocycles. The fourth-order valence-electron chi connectivity index (χ4n) is 1.19. The first-order valence-corrected chi connectivity index (χ1v) is 5.97. The molecule has 1 aromatic heterocycles. The van der Waals surface area contributed by atoms with Gasteiger partial charge in [0.2, 0.25) is 0 Å². The molecule has 0 aliphatic heterocycles. The molecule has 0 radical (unpaired) electrons. The maximum atomic E-state index is 11.7. The summed E-state index contributed by atoms with van der Waals surface area (Å²) >= 11 is 1.13. The fraction of sp³-hybridized carbons (Fsp3) is 0.333. The van der Waals surface area contributed by atoms with E-state index in [1.807, 2.05) is 5.48 Å². The molecule has 9 heteroatoms. The highest BCUT2D eigenvalue weighted by Gasteiger charge is 2.17. The number of H-pyrrole nitrogens is 1. The number of hydrogen-bond acceptors (Lipinski definition) is 6. The number of aryl methyl sites for hydroxylation is 1. The van der Waals surface area contributed by atoms with Crippen LogP contribution in [0.3, 0.4) is 0 Å². The first-order valence-electron chi connectivity index (χ1n) is 4.74. The summed E-state index contributed by atoms with van der Waals surface area (Å²) in [6.45, 7) is 0.880. The normalized spacial score (nSPS) is 10.1. The highest BCUT2D eigenvalue weighted by molar-refractivity contribution is 7.98. The van der Waals surface area contributed by atoms with Crippen LogP contribution in [0.2, 0.25) is 0 Å². The second kappa shape index (κ2) is 6.17. The number of carboxylic acid groups (broad SMARTS) is 1. The predicted molar refractivity (Wildman–Crippen MR) is 62.4 cm³/mol. The Hall–Kier alpha value is -1.87. The minimum atomic E-state index is -1.21. The zero-order valence-corrected chi connectivity index (χ0v) is 10.5. The smallest absolute Gasteiger partial charge is 0.346 e. The number of carbonyl (C=O) groups is 2. The van der Waals surface area contributed by atoms with Crippen molar-refractivity contribution in [2.24, 2.45) is 0 Å². The molecule has 0 aliphatic carbocycles. The third-order valence-electron chi connectivity index (χ3n) is 1.87. The van der Waals surface area contributed by atoms with Gasteiger partial charge >= 0.3 is 11.7 Å². The van der Waals surface area contributed by atoms with Crippen molar-refractivity contribution in [1.29, 1.82) is 0 Å². The van der Waals surface area contributed by atoms with E-state index in [2.05, 4.69) is 14.8 Å². The van der Waals surface area contributed by atoms with E-state index in [0.717, 1.165) is 11.8 Å². The number of amides is 1. The Morgan fingerprint density at radius 2 is 2.22 bits per heavy atom. The van der Waals surface area contributed by atoms with Gasteiger partial charge in [-0.1, -0.05) is 0 Å². The average Bonchev–Trinajstić information content (AvgIpc) is 2.26. The molecule has 3 N–H and O–H groups in total. The number of aromatic amines is 1. The Balaban J connectivity index is 2.91. The number of aromatic nitrogens is 2. The lowest BCUT2D eigenvalue weighted by atomic mass is 10.2. The largest absolute Gasteiger partial charge is 0.479 e. The van der Waals surface area contributed by atoms with Crippen LogP contribution in [0.1, 0.15) is 16.1 Å². The lowest BCUT2D eigenvalue weighted by molar-refractivity contribution is -0.144. The minimum Gasteiger partial charge on any atom is -0.479 e. The SMILES string of the molecule is CSc1nc(=O)[nH]c(C)c1C(=O)NOCC(=O)O. The number of rotatable bonds is 5. The van der Waals surface area contributed by atoms with Gasteiger partial charge in [0, 0.05) is 5.69 Å². The molecular formula is C9H11N3O5S. The summed E-state index contributed by atoms with van der Waals surface area (Å²) in [5.41, 5.74) is 1.89. The van der Waals surface area contributed by atoms with Gasteiger partial charge in [0.25, 0.3) is 5.91 Å². The number of aliphatic carboxylic acids is 1. The van der Waals surface area contributed by atoms with Crippen LogP contribution in [-0.4, -0.2) is 39.8 Å². The van der Waals surface area contributed by atoms with Crippen LogP contribution >= 0.6 is 11.8 Å². The van der Waals surface area contributed by atoms with Crippen LogP contribution in [0.4, 0.5) is 0 Å². The summed E-state index contributed by atoms with van der Waals surface area (Å²) in [6.07, 6.45) is 1.66. The Labute approximate surface area is 106 Å². The third kappa shape index (κ3) is 3.57. The van der Waals surface area contributed by atoms with E-state index in [1.165, 1.54) is 6.92 Å². The van der Waals surface area contributed by atoms with E-state index < -0.39 is 24.2 Å². The lowest BCUT2D eigenvalue weighted by Crippen LogP contribution is -2.29. The molecule has 98 valence electrons. The summed E-state index contributed by atoms with van der Waals surface area (Å²) in [5.74, 6) is -1.88. The molecule has 18 heavy (non-hydrogen) atoms. The second-order valence-corrected chi connectivity index (χ2v) is 3.96. The van der Waals surface area contributed by atoms with Crippen molar-refractivity contribution in [1.82, 2.24) is 15.4 Å². The van der Waals surface area contributed by atoms with Crippen molar-refractivity contribution in [3.8, 4) is 0 Å². The molecule has 0 spiro atoms. The molecule has 1 aromatic rings. The van der Waals surface area contributed by atoms with Crippen LogP contribution in [-0.2, 0) is 9.63 Å². The van der Waals surface area contributed by atoms with E-state index in [9.17, 15) is 14.4 Å². The number of carbonyl (C=O) groups excluding carboxylic acids is 1. The molecule has 0 fully saturated rings. The molecule has 0 aliphatic rings. The number of carboxylic acids is 1. The van der Waals surface area contributed by atoms with Gasteiger partial charge < -0.3 is 10.1 Å². The third-order valence-corrected chi connectivity index (χ3v) is 2.55. The first-order chi connectivity index (χ1) is 8.45. The predicted octanol–water partition coefficient (Wildman–Crippen LogP) is -0.454. The van der Waals surface area contributed by atoms with Gasteiger partial charge in [-0.3, -0.25) is 9.63 Å². The van der Waals surface area contributed by atoms with E-state index in [4.69, 9.17) is 5.11 Å². The monoisotopic (exact) mass is 273 g/mol. The molecule has 0 unspecified atom stereocenters. The highest BCUT2D eigenvalue weighted by Crippen LogP contribution is 2.17. The average molecular weight is 273 g/mol. The van der Waals surface area contributed by atoms with Crippen LogP contribution < -0.4 is 11.2 Å². The molecule has 1 rings (SSSR count). The maximum Gasteiger partial charge on any atom is 0.346 e. The van der Waals surface area contributed by atoms with E-state index >= 15 is 0 Å². The minimum absolute atomic E-state index is 0.146. The standard InChI is InChI=1S/C9H11N3O5S/c1-4-6(7(15)12-17-3-5(13)14)8(18-2)11-9(16)10-4/h3H2,1-2H3,(H,12,15)(H,13,14)(H,10,11,16). The van der Waals surface area contributed by atoms with Gasteiger partial charge in [-0.25, -0.2) is 15.1 Å². The zero-order valence-electron chi connectivity index (χ0n) is 9.64. The van der Waals surface area contributed by atoms with Crippen LogP contribution in [0, 0.1) is 6.92 Å². The Bertz CT molecular complexity index is 527. The second-order valence-electron chi connectivity index (χ2n) is 3.16. The number of hydrogen-bond donors (Lipinski definition) is 3. The molecule has 0 saturated heterocycles. The van der Waals surface area contributed by atoms with Crippen LogP contribution in [0.25, 0.3) is 0 Å².